The van der Waals surface area contributed by atoms with Crippen molar-refractivity contribution in [2.45, 2.75) is 25.3 Å². The number of likely N-dealkylation sites (tertiary alicyclic amines) is 1. The van der Waals surface area contributed by atoms with Crippen LogP contribution in [0.15, 0.2) is 80.2 Å². The van der Waals surface area contributed by atoms with Crippen LogP contribution < -0.4 is 5.32 Å². The van der Waals surface area contributed by atoms with Crippen molar-refractivity contribution in [3.05, 3.63) is 85.0 Å². The fourth-order valence-electron chi connectivity index (χ4n) is 5.35. The predicted molar refractivity (Wildman–Crippen MR) is 152 cm³/mol. The Morgan fingerprint density at radius 1 is 1.10 bits per heavy atom. The van der Waals surface area contributed by atoms with Crippen LogP contribution in [0, 0.1) is 5.41 Å². The lowest BCUT2D eigenvalue weighted by atomic mass is 9.65. The second-order valence-electron chi connectivity index (χ2n) is 9.62. The summed E-state index contributed by atoms with van der Waals surface area (Å²) in [4.78, 5) is 41.9. The van der Waals surface area contributed by atoms with Crippen LogP contribution in [-0.2, 0) is 9.59 Å². The van der Waals surface area contributed by atoms with Crippen molar-refractivity contribution in [2.75, 3.05) is 18.4 Å². The summed E-state index contributed by atoms with van der Waals surface area (Å²) in [5, 5.41) is 7.66. The molecule has 4 heterocycles. The number of carbonyl (C=O) groups excluding carboxylic acids is 3. The molecular formula is C28H27ClN6O3S. The maximum absolute atomic E-state index is 13.1. The zero-order valence-corrected chi connectivity index (χ0v) is 22.7. The number of hydrogen-bond donors (Lipinski definition) is 1. The smallest absolute Gasteiger partial charge is 0.268 e. The van der Waals surface area contributed by atoms with Crippen LogP contribution >= 0.6 is 22.9 Å². The summed E-state index contributed by atoms with van der Waals surface area (Å²) in [6.07, 6.45) is 8.92. The van der Waals surface area contributed by atoms with Gasteiger partial charge in [0.05, 0.1) is 15.9 Å². The van der Waals surface area contributed by atoms with E-state index in [4.69, 9.17) is 16.6 Å². The summed E-state index contributed by atoms with van der Waals surface area (Å²) in [5.41, 5.74) is 2.01. The normalized spacial score (nSPS) is 19.7. The number of nitrogens with one attached hydrogen (secondary N) is 1. The third-order valence-corrected chi connectivity index (χ3v) is 8.38. The Hall–Kier alpha value is -4.02. The highest BCUT2D eigenvalue weighted by Gasteiger charge is 2.50. The Balaban J connectivity index is 0.000000567. The van der Waals surface area contributed by atoms with Crippen LogP contribution in [0.2, 0.25) is 0 Å². The van der Waals surface area contributed by atoms with Crippen molar-refractivity contribution in [3.63, 3.8) is 0 Å². The number of allylic oxidation sites excluding steroid dienone is 1. The molecular weight excluding hydrogens is 536 g/mol. The zero-order chi connectivity index (χ0) is 27.6. The molecule has 0 unspecified atom stereocenters. The Morgan fingerprint density at radius 2 is 1.87 bits per heavy atom. The Kier molecular flexibility index (Phi) is 7.49. The molecule has 1 aliphatic heterocycles. The number of halogens is 1. The van der Waals surface area contributed by atoms with Crippen molar-refractivity contribution in [1.29, 1.82) is 0 Å². The monoisotopic (exact) mass is 562 g/mol. The molecule has 9 nitrogen and oxygen atoms in total. The van der Waals surface area contributed by atoms with E-state index in [1.165, 1.54) is 17.4 Å². The summed E-state index contributed by atoms with van der Waals surface area (Å²) in [5.74, 6) is 0.390. The van der Waals surface area contributed by atoms with Crippen LogP contribution in [0.3, 0.4) is 0 Å². The Bertz CT molecular complexity index is 1550. The number of imidazole rings is 1. The molecule has 0 bridgehead atoms. The van der Waals surface area contributed by atoms with E-state index in [0.29, 0.717) is 10.8 Å². The van der Waals surface area contributed by atoms with Gasteiger partial charge in [0.25, 0.3) is 5.91 Å². The SMILES string of the molecule is C=CC(=O)Cl.C=CC(=O)N1CCC2(CC(n3c(NC(=O)c4ccc(-n5cccn5)s4)nc4ccccc43)C2)C1. The topological polar surface area (TPSA) is 102 Å². The number of thiophene rings is 1. The first kappa shape index (κ1) is 26.6. The van der Waals surface area contributed by atoms with Gasteiger partial charge in [0.2, 0.25) is 17.1 Å². The average molecular weight is 563 g/mol. The number of hydrogen-bond acceptors (Lipinski definition) is 6. The molecule has 4 aromatic rings. The summed E-state index contributed by atoms with van der Waals surface area (Å²) in [7, 11) is 0. The van der Waals surface area contributed by atoms with Crippen molar-refractivity contribution in [3.8, 4) is 5.00 Å². The Morgan fingerprint density at radius 3 is 2.56 bits per heavy atom. The number of fused-ring (bicyclic) bond motifs is 1. The minimum Gasteiger partial charge on any atom is -0.339 e. The number of aromatic nitrogens is 4. The highest BCUT2D eigenvalue weighted by molar-refractivity contribution is 7.16. The van der Waals surface area contributed by atoms with E-state index in [1.54, 1.807) is 10.9 Å². The molecule has 6 rings (SSSR count). The molecule has 0 radical (unpaired) electrons. The first-order valence-corrected chi connectivity index (χ1v) is 13.6. The fraction of sp³-hybridized carbons (Fsp3) is 0.250. The van der Waals surface area contributed by atoms with E-state index in [0.717, 1.165) is 54.5 Å². The van der Waals surface area contributed by atoms with E-state index in [9.17, 15) is 14.4 Å². The van der Waals surface area contributed by atoms with Gasteiger partial charge in [0.15, 0.2) is 0 Å². The van der Waals surface area contributed by atoms with Crippen molar-refractivity contribution in [2.24, 2.45) is 5.41 Å². The molecule has 3 aromatic heterocycles. The lowest BCUT2D eigenvalue weighted by Crippen LogP contribution is -2.42. The number of nitrogens with zero attached hydrogens (tertiary/aromatic N) is 5. The molecule has 1 spiro atoms. The molecule has 2 aliphatic rings. The summed E-state index contributed by atoms with van der Waals surface area (Å²) < 4.78 is 3.91. The van der Waals surface area contributed by atoms with Gasteiger partial charge in [-0.25, -0.2) is 9.67 Å². The highest BCUT2D eigenvalue weighted by atomic mass is 35.5. The van der Waals surface area contributed by atoms with Gasteiger partial charge < -0.3 is 9.47 Å². The molecule has 200 valence electrons. The van der Waals surface area contributed by atoms with Crippen molar-refractivity contribution in [1.82, 2.24) is 24.2 Å². The van der Waals surface area contributed by atoms with Crippen molar-refractivity contribution >= 4 is 57.0 Å². The first-order chi connectivity index (χ1) is 18.8. The largest absolute Gasteiger partial charge is 0.339 e. The second kappa shape index (κ2) is 11.0. The first-order valence-electron chi connectivity index (χ1n) is 12.4. The number of benzene rings is 1. The molecule has 1 saturated carbocycles. The van der Waals surface area contributed by atoms with Gasteiger partial charge in [-0.1, -0.05) is 25.3 Å². The zero-order valence-electron chi connectivity index (χ0n) is 21.1. The fourth-order valence-corrected chi connectivity index (χ4v) is 6.19. The summed E-state index contributed by atoms with van der Waals surface area (Å²) in [6.45, 7) is 8.25. The van der Waals surface area contributed by atoms with E-state index in [-0.39, 0.29) is 23.3 Å². The van der Waals surface area contributed by atoms with Crippen LogP contribution in [0.25, 0.3) is 16.0 Å². The lowest BCUT2D eigenvalue weighted by Gasteiger charge is -2.46. The second-order valence-corrected chi connectivity index (χ2v) is 11.1. The number of para-hydroxylation sites is 2. The van der Waals surface area contributed by atoms with E-state index >= 15 is 0 Å². The number of amides is 2. The molecule has 1 aliphatic carbocycles. The predicted octanol–water partition coefficient (Wildman–Crippen LogP) is 5.21. The Labute approximate surface area is 234 Å². The maximum Gasteiger partial charge on any atom is 0.268 e. The average Bonchev–Trinajstić information content (AvgIpc) is 3.72. The molecule has 11 heteroatoms. The molecule has 1 aromatic carbocycles. The van der Waals surface area contributed by atoms with Crippen LogP contribution in [0.1, 0.15) is 35.0 Å². The minimum atomic E-state index is -0.509. The lowest BCUT2D eigenvalue weighted by molar-refractivity contribution is -0.125. The molecule has 1 saturated heterocycles. The maximum atomic E-state index is 13.1. The highest BCUT2D eigenvalue weighted by Crippen LogP contribution is 2.55. The number of anilines is 1. The van der Waals surface area contributed by atoms with Crippen molar-refractivity contribution < 1.29 is 14.4 Å². The van der Waals surface area contributed by atoms with Gasteiger partial charge in [-0.05, 0) is 78.8 Å². The van der Waals surface area contributed by atoms with Crippen LogP contribution in [-0.4, -0.2) is 54.4 Å². The van der Waals surface area contributed by atoms with E-state index in [1.807, 2.05) is 53.6 Å². The summed E-state index contributed by atoms with van der Waals surface area (Å²) in [6, 6.07) is 13.8. The van der Waals surface area contributed by atoms with Gasteiger partial charge in [-0.2, -0.15) is 5.10 Å². The number of carbonyl (C=O) groups is 3. The molecule has 2 fully saturated rings. The van der Waals surface area contributed by atoms with Crippen LogP contribution in [0.5, 0.6) is 0 Å². The van der Waals surface area contributed by atoms with E-state index in [2.05, 4.69) is 28.1 Å². The number of rotatable bonds is 6. The van der Waals surface area contributed by atoms with Gasteiger partial charge in [0.1, 0.15) is 5.00 Å². The molecule has 2 amide bonds. The summed E-state index contributed by atoms with van der Waals surface area (Å²) >= 11 is 6.09. The van der Waals surface area contributed by atoms with Gasteiger partial charge >= 0.3 is 0 Å². The molecule has 0 atom stereocenters. The van der Waals surface area contributed by atoms with Crippen LogP contribution in [0.4, 0.5) is 5.95 Å². The third-order valence-electron chi connectivity index (χ3n) is 7.15. The van der Waals surface area contributed by atoms with Gasteiger partial charge in [-0.3, -0.25) is 19.7 Å². The minimum absolute atomic E-state index is 0.00628. The third kappa shape index (κ3) is 5.43. The molecule has 1 N–H and O–H groups in total. The standard InChI is InChI=1S/C25H24N6O2S.C3H3ClO/c1-2-21(32)29-13-10-25(16-29)14-17(15-25)31-19-7-4-3-6-18(19)27-24(31)28-23(33)20-8-9-22(34-20)30-12-5-11-26-30;1-2-3(4)5/h2-9,11-12,17H,1,10,13-16H2,(H,27,28,33);2H,1H2. The quantitative estimate of drug-likeness (QED) is 0.257. The van der Waals surface area contributed by atoms with Gasteiger partial charge in [0, 0.05) is 31.5 Å². The van der Waals surface area contributed by atoms with E-state index < -0.39 is 5.24 Å². The molecule has 39 heavy (non-hydrogen) atoms. The van der Waals surface area contributed by atoms with Gasteiger partial charge in [-0.15, -0.1) is 11.3 Å².